The van der Waals surface area contributed by atoms with Gasteiger partial charge >= 0.3 is 6.09 Å². The normalized spacial score (nSPS) is 14.5. The van der Waals surface area contributed by atoms with Crippen LogP contribution in [0, 0.1) is 5.92 Å². The minimum atomic E-state index is -0.664. The van der Waals surface area contributed by atoms with Gasteiger partial charge in [-0.15, -0.1) is 0 Å². The largest absolute Gasteiger partial charge is 0.453 e. The summed E-state index contributed by atoms with van der Waals surface area (Å²) in [6, 6.07) is -0.664. The molecule has 15 heavy (non-hydrogen) atoms. The number of carbonyl (C=O) groups is 2. The Hall–Kier alpha value is -1.10. The molecule has 0 aromatic rings. The van der Waals surface area contributed by atoms with Crippen LogP contribution in [-0.4, -0.2) is 38.2 Å². The summed E-state index contributed by atoms with van der Waals surface area (Å²) in [4.78, 5) is 22.8. The van der Waals surface area contributed by atoms with Crippen molar-refractivity contribution >= 4 is 11.9 Å². The minimum Gasteiger partial charge on any atom is -0.453 e. The van der Waals surface area contributed by atoms with E-state index in [0.717, 1.165) is 0 Å². The molecule has 0 aromatic carbocycles. The highest BCUT2D eigenvalue weighted by molar-refractivity contribution is 5.89. The zero-order chi connectivity index (χ0) is 12.0. The second-order valence-electron chi connectivity index (χ2n) is 3.61. The summed E-state index contributed by atoms with van der Waals surface area (Å²) in [5.41, 5.74) is 0. The van der Waals surface area contributed by atoms with Gasteiger partial charge in [0.2, 0.25) is 0 Å². The Kier molecular flexibility index (Phi) is 5.93. The molecule has 0 spiro atoms. The molecule has 0 fully saturated rings. The summed E-state index contributed by atoms with van der Waals surface area (Å²) in [5, 5.41) is 2.46. The third-order valence-corrected chi connectivity index (χ3v) is 2.18. The Morgan fingerprint density at radius 1 is 1.20 bits per heavy atom. The van der Waals surface area contributed by atoms with Crippen LogP contribution in [0.25, 0.3) is 0 Å². The lowest BCUT2D eigenvalue weighted by molar-refractivity contribution is -0.126. The number of hydrogen-bond donors (Lipinski definition) is 1. The number of ketones is 1. The zero-order valence-electron chi connectivity index (χ0n) is 9.87. The second-order valence-corrected chi connectivity index (χ2v) is 3.61. The van der Waals surface area contributed by atoms with Gasteiger partial charge < -0.3 is 14.8 Å². The number of rotatable bonds is 5. The van der Waals surface area contributed by atoms with E-state index in [0.29, 0.717) is 0 Å². The number of carbonyl (C=O) groups excluding carboxylic acids is 2. The maximum absolute atomic E-state index is 11.7. The first-order valence-electron chi connectivity index (χ1n) is 4.85. The fraction of sp³-hybridized carbons (Fsp3) is 0.800. The van der Waals surface area contributed by atoms with E-state index >= 15 is 0 Å². The van der Waals surface area contributed by atoms with E-state index in [9.17, 15) is 9.59 Å². The molecular weight excluding hydrogens is 198 g/mol. The van der Waals surface area contributed by atoms with Gasteiger partial charge in [-0.1, -0.05) is 13.8 Å². The van der Waals surface area contributed by atoms with Gasteiger partial charge in [-0.05, 0) is 6.92 Å². The molecule has 0 aliphatic heterocycles. The van der Waals surface area contributed by atoms with Gasteiger partial charge in [-0.3, -0.25) is 4.79 Å². The Morgan fingerprint density at radius 2 is 1.73 bits per heavy atom. The number of methoxy groups -OCH3 is 2. The lowest BCUT2D eigenvalue weighted by Crippen LogP contribution is -2.49. The van der Waals surface area contributed by atoms with E-state index in [1.54, 1.807) is 20.8 Å². The molecule has 0 saturated carbocycles. The van der Waals surface area contributed by atoms with E-state index in [1.807, 2.05) is 0 Å². The number of amides is 1. The van der Waals surface area contributed by atoms with Crippen molar-refractivity contribution in [2.24, 2.45) is 5.92 Å². The quantitative estimate of drug-likeness (QED) is 0.763. The molecule has 5 nitrogen and oxygen atoms in total. The van der Waals surface area contributed by atoms with Crippen LogP contribution in [0.4, 0.5) is 4.79 Å². The zero-order valence-corrected chi connectivity index (χ0v) is 9.87. The van der Waals surface area contributed by atoms with E-state index in [4.69, 9.17) is 4.74 Å². The first kappa shape index (κ1) is 13.9. The van der Waals surface area contributed by atoms with Crippen molar-refractivity contribution in [1.82, 2.24) is 5.32 Å². The molecule has 0 rings (SSSR count). The lowest BCUT2D eigenvalue weighted by atomic mass is 9.98. The minimum absolute atomic E-state index is 0. The molecule has 0 aliphatic carbocycles. The van der Waals surface area contributed by atoms with Crippen molar-refractivity contribution < 1.29 is 21.9 Å². The van der Waals surface area contributed by atoms with Gasteiger partial charge in [0.25, 0.3) is 0 Å². The van der Waals surface area contributed by atoms with Crippen LogP contribution >= 0.6 is 0 Å². The number of hydrogen-bond acceptors (Lipinski definition) is 4. The van der Waals surface area contributed by atoms with Crippen LogP contribution < -0.4 is 5.32 Å². The lowest BCUT2D eigenvalue weighted by Gasteiger charge is -2.23. The molecule has 1 unspecified atom stereocenters. The number of alkyl carbamates (subject to hydrolysis) is 1. The van der Waals surface area contributed by atoms with Crippen molar-refractivity contribution in [2.45, 2.75) is 32.9 Å². The molecule has 2 atom stereocenters. The molecule has 0 aromatic heterocycles. The van der Waals surface area contributed by atoms with Crippen LogP contribution in [-0.2, 0) is 14.3 Å². The maximum Gasteiger partial charge on any atom is 0.407 e. The standard InChI is InChI=1S/C10H19NO4.2H2/c1-6(2)9(12)8(7(3)14-4)11-10(13)15-5;;/h6-8H,1-5H3,(H,11,13);2*1H/t7?,8-;;/m0../s1. The fourth-order valence-electron chi connectivity index (χ4n) is 1.10. The molecule has 0 bridgehead atoms. The molecule has 1 amide bonds. The monoisotopic (exact) mass is 221 g/mol. The van der Waals surface area contributed by atoms with Crippen molar-refractivity contribution in [2.75, 3.05) is 14.2 Å². The summed E-state index contributed by atoms with van der Waals surface area (Å²) < 4.78 is 9.49. The van der Waals surface area contributed by atoms with Gasteiger partial charge in [0.05, 0.1) is 13.2 Å². The van der Waals surface area contributed by atoms with E-state index in [2.05, 4.69) is 10.1 Å². The van der Waals surface area contributed by atoms with Crippen molar-refractivity contribution in [1.29, 1.82) is 0 Å². The third-order valence-electron chi connectivity index (χ3n) is 2.18. The van der Waals surface area contributed by atoms with Crippen molar-refractivity contribution in [3.8, 4) is 0 Å². The van der Waals surface area contributed by atoms with E-state index in [1.165, 1.54) is 14.2 Å². The topological polar surface area (TPSA) is 64.6 Å². The van der Waals surface area contributed by atoms with Gasteiger partial charge in [0.15, 0.2) is 5.78 Å². The molecule has 5 heteroatoms. The van der Waals surface area contributed by atoms with Crippen LogP contribution in [0.5, 0.6) is 0 Å². The number of nitrogens with one attached hydrogen (secondary N) is 1. The number of Topliss-reactive ketones (excluding diaryl/α,β-unsaturated/α-hetero) is 1. The second kappa shape index (κ2) is 6.40. The Morgan fingerprint density at radius 3 is 2.07 bits per heavy atom. The average molecular weight is 221 g/mol. The number of ether oxygens (including phenoxy) is 2. The highest BCUT2D eigenvalue weighted by Gasteiger charge is 2.28. The highest BCUT2D eigenvalue weighted by atomic mass is 16.5. The third kappa shape index (κ3) is 4.29. The summed E-state index contributed by atoms with van der Waals surface area (Å²) in [5.74, 6) is -0.237. The Labute approximate surface area is 93.1 Å². The molecular formula is C10H23NO4. The summed E-state index contributed by atoms with van der Waals surface area (Å²) in [7, 11) is 2.74. The summed E-state index contributed by atoms with van der Waals surface area (Å²) in [6.45, 7) is 5.27. The van der Waals surface area contributed by atoms with E-state index < -0.39 is 12.1 Å². The first-order valence-corrected chi connectivity index (χ1v) is 4.85. The molecule has 1 N–H and O–H groups in total. The van der Waals surface area contributed by atoms with Crippen LogP contribution in [0.2, 0.25) is 0 Å². The van der Waals surface area contributed by atoms with Gasteiger partial charge in [-0.25, -0.2) is 4.79 Å². The Bertz CT molecular complexity index is 236. The smallest absolute Gasteiger partial charge is 0.407 e. The molecule has 0 radical (unpaired) electrons. The SMILES string of the molecule is COC(=O)N[C@H](C(=O)C(C)C)C(C)OC.[HH].[HH]. The molecule has 0 saturated heterocycles. The van der Waals surface area contributed by atoms with Crippen LogP contribution in [0.1, 0.15) is 23.6 Å². The van der Waals surface area contributed by atoms with Gasteiger partial charge in [0, 0.05) is 15.9 Å². The predicted molar refractivity (Wildman–Crippen MR) is 59.9 cm³/mol. The summed E-state index contributed by atoms with van der Waals surface area (Å²) in [6.07, 6.45) is -1.00. The van der Waals surface area contributed by atoms with Gasteiger partial charge in [0.1, 0.15) is 6.04 Å². The Balaban J connectivity index is -0.000000980. The van der Waals surface area contributed by atoms with Crippen molar-refractivity contribution in [3.05, 3.63) is 0 Å². The van der Waals surface area contributed by atoms with E-state index in [-0.39, 0.29) is 20.7 Å². The maximum atomic E-state index is 11.7. The van der Waals surface area contributed by atoms with Crippen molar-refractivity contribution in [3.63, 3.8) is 0 Å². The predicted octanol–water partition coefficient (Wildman–Crippen LogP) is 1.46. The highest BCUT2D eigenvalue weighted by Crippen LogP contribution is 2.06. The fourth-order valence-corrected chi connectivity index (χ4v) is 1.10. The average Bonchev–Trinajstić information content (AvgIpc) is 2.23. The van der Waals surface area contributed by atoms with Crippen LogP contribution in [0.3, 0.4) is 0 Å². The molecule has 0 heterocycles. The summed E-state index contributed by atoms with van der Waals surface area (Å²) >= 11 is 0. The van der Waals surface area contributed by atoms with Gasteiger partial charge in [-0.2, -0.15) is 0 Å². The molecule has 0 aliphatic rings. The molecule has 92 valence electrons. The first-order chi connectivity index (χ1) is 6.93. The van der Waals surface area contributed by atoms with Crippen LogP contribution in [0.15, 0.2) is 0 Å².